The summed E-state index contributed by atoms with van der Waals surface area (Å²) in [5.41, 5.74) is -0.00891. The fraction of sp³-hybridized carbons (Fsp3) is 0.571. The lowest BCUT2D eigenvalue weighted by atomic mass is 9.97. The van der Waals surface area contributed by atoms with Crippen molar-refractivity contribution in [1.82, 2.24) is 15.5 Å². The molecule has 1 aliphatic heterocycles. The van der Waals surface area contributed by atoms with E-state index < -0.39 is 5.60 Å². The molecule has 3 rings (SSSR count). The van der Waals surface area contributed by atoms with E-state index in [1.165, 1.54) is 17.7 Å². The third-order valence-corrected chi connectivity index (χ3v) is 6.80. The lowest BCUT2D eigenvalue weighted by Crippen LogP contribution is -2.43. The standard InChI is InChI=1S/C21H32N4OS2/c1-3-22-20(24-16-21(2,26)18-8-12-27-15-18)23-13-17-6-9-25(10-7-17)14-19-5-4-11-28-19/h4-5,8,11-12,15,17,26H,3,6-7,9-10,13-14,16H2,1-2H3,(H2,22,23,24). The number of thiophene rings is 2. The zero-order valence-electron chi connectivity index (χ0n) is 16.9. The largest absolute Gasteiger partial charge is 0.383 e. The number of nitrogens with one attached hydrogen (secondary N) is 2. The molecule has 3 N–H and O–H groups in total. The summed E-state index contributed by atoms with van der Waals surface area (Å²) >= 11 is 3.44. The Hall–Kier alpha value is -1.41. The van der Waals surface area contributed by atoms with Gasteiger partial charge < -0.3 is 15.7 Å². The molecule has 1 aliphatic rings. The van der Waals surface area contributed by atoms with Crippen LogP contribution in [0.1, 0.15) is 37.1 Å². The minimum absolute atomic E-state index is 0.346. The van der Waals surface area contributed by atoms with Gasteiger partial charge in [0.1, 0.15) is 5.60 Å². The SMILES string of the molecule is CCNC(=NCC(C)(O)c1ccsc1)NCC1CCN(Cc2cccs2)CC1. The molecule has 1 saturated heterocycles. The molecule has 154 valence electrons. The molecule has 0 radical (unpaired) electrons. The minimum atomic E-state index is -0.935. The summed E-state index contributed by atoms with van der Waals surface area (Å²) in [6.45, 7) is 9.38. The molecule has 0 bridgehead atoms. The number of guanidine groups is 1. The third-order valence-electron chi connectivity index (χ3n) is 5.26. The summed E-state index contributed by atoms with van der Waals surface area (Å²) < 4.78 is 0. The molecule has 2 aromatic rings. The first-order valence-electron chi connectivity index (χ1n) is 10.1. The van der Waals surface area contributed by atoms with Gasteiger partial charge in [0.25, 0.3) is 0 Å². The van der Waals surface area contributed by atoms with Crippen LogP contribution in [0.2, 0.25) is 0 Å². The molecule has 28 heavy (non-hydrogen) atoms. The number of likely N-dealkylation sites (tertiary alicyclic amines) is 1. The van der Waals surface area contributed by atoms with E-state index in [4.69, 9.17) is 0 Å². The molecule has 1 fully saturated rings. The number of nitrogens with zero attached hydrogens (tertiary/aromatic N) is 2. The summed E-state index contributed by atoms with van der Waals surface area (Å²) in [4.78, 5) is 8.64. The monoisotopic (exact) mass is 420 g/mol. The molecule has 0 aromatic carbocycles. The number of aliphatic hydroxyl groups is 1. The Bertz CT molecular complexity index is 705. The van der Waals surface area contributed by atoms with E-state index in [1.807, 2.05) is 35.1 Å². The Kier molecular flexibility index (Phi) is 7.91. The van der Waals surface area contributed by atoms with E-state index in [0.717, 1.165) is 44.2 Å². The molecule has 2 aromatic heterocycles. The first kappa shape index (κ1) is 21.3. The van der Waals surface area contributed by atoms with Gasteiger partial charge in [0.05, 0.1) is 6.54 Å². The molecular weight excluding hydrogens is 388 g/mol. The van der Waals surface area contributed by atoms with Crippen LogP contribution in [0, 0.1) is 5.92 Å². The van der Waals surface area contributed by atoms with Crippen molar-refractivity contribution >= 4 is 28.6 Å². The number of piperidine rings is 1. The first-order valence-corrected chi connectivity index (χ1v) is 11.9. The summed E-state index contributed by atoms with van der Waals surface area (Å²) in [5.74, 6) is 1.46. The molecule has 1 atom stereocenters. The molecule has 1 unspecified atom stereocenters. The second kappa shape index (κ2) is 10.4. The van der Waals surface area contributed by atoms with Crippen LogP contribution in [0.4, 0.5) is 0 Å². The highest BCUT2D eigenvalue weighted by Crippen LogP contribution is 2.23. The number of hydrogen-bond acceptors (Lipinski definition) is 5. The molecule has 0 aliphatic carbocycles. The van der Waals surface area contributed by atoms with Crippen LogP contribution >= 0.6 is 22.7 Å². The summed E-state index contributed by atoms with van der Waals surface area (Å²) in [7, 11) is 0. The number of hydrogen-bond donors (Lipinski definition) is 3. The number of rotatable bonds is 8. The first-order chi connectivity index (χ1) is 13.6. The van der Waals surface area contributed by atoms with Gasteiger partial charge >= 0.3 is 0 Å². The summed E-state index contributed by atoms with van der Waals surface area (Å²) in [5, 5.41) is 23.6. The molecule has 5 nitrogen and oxygen atoms in total. The summed E-state index contributed by atoms with van der Waals surface area (Å²) in [6, 6.07) is 6.32. The quantitative estimate of drug-likeness (QED) is 0.452. The minimum Gasteiger partial charge on any atom is -0.383 e. The molecule has 0 spiro atoms. The average Bonchev–Trinajstić information content (AvgIpc) is 3.39. The number of aliphatic imine (C=N–C) groups is 1. The maximum atomic E-state index is 10.7. The Morgan fingerprint density at radius 3 is 2.75 bits per heavy atom. The van der Waals surface area contributed by atoms with Gasteiger partial charge in [0.2, 0.25) is 0 Å². The molecule has 3 heterocycles. The second-order valence-corrected chi connectivity index (χ2v) is 9.47. The van der Waals surface area contributed by atoms with Crippen molar-refractivity contribution in [2.24, 2.45) is 10.9 Å². The van der Waals surface area contributed by atoms with Crippen LogP contribution in [-0.2, 0) is 12.1 Å². The fourth-order valence-corrected chi connectivity index (χ4v) is 4.98. The van der Waals surface area contributed by atoms with Gasteiger partial charge in [-0.15, -0.1) is 11.3 Å². The molecule has 7 heteroatoms. The van der Waals surface area contributed by atoms with Crippen molar-refractivity contribution in [2.75, 3.05) is 32.7 Å². The lowest BCUT2D eigenvalue weighted by molar-refractivity contribution is 0.0677. The smallest absolute Gasteiger partial charge is 0.191 e. The van der Waals surface area contributed by atoms with Crippen molar-refractivity contribution in [2.45, 2.75) is 38.8 Å². The maximum Gasteiger partial charge on any atom is 0.191 e. The lowest BCUT2D eigenvalue weighted by Gasteiger charge is -2.32. The van der Waals surface area contributed by atoms with Crippen LogP contribution in [0.3, 0.4) is 0 Å². The van der Waals surface area contributed by atoms with Crippen LogP contribution in [0.25, 0.3) is 0 Å². The molecule has 0 saturated carbocycles. The van der Waals surface area contributed by atoms with Gasteiger partial charge in [0.15, 0.2) is 5.96 Å². The van der Waals surface area contributed by atoms with Gasteiger partial charge in [-0.05, 0) is 79.5 Å². The van der Waals surface area contributed by atoms with Crippen molar-refractivity contribution in [3.8, 4) is 0 Å². The van der Waals surface area contributed by atoms with Gasteiger partial charge in [-0.3, -0.25) is 4.90 Å². The Morgan fingerprint density at radius 1 is 1.29 bits per heavy atom. The van der Waals surface area contributed by atoms with Crippen molar-refractivity contribution < 1.29 is 5.11 Å². The predicted molar refractivity (Wildman–Crippen MR) is 120 cm³/mol. The topological polar surface area (TPSA) is 59.9 Å². The molecular formula is C21H32N4OS2. The van der Waals surface area contributed by atoms with E-state index in [0.29, 0.717) is 12.5 Å². The van der Waals surface area contributed by atoms with Crippen molar-refractivity contribution in [3.63, 3.8) is 0 Å². The highest BCUT2D eigenvalue weighted by Gasteiger charge is 2.24. The third kappa shape index (κ3) is 6.30. The normalized spacial score (nSPS) is 18.8. The van der Waals surface area contributed by atoms with Crippen molar-refractivity contribution in [1.29, 1.82) is 0 Å². The van der Waals surface area contributed by atoms with Crippen molar-refractivity contribution in [3.05, 3.63) is 44.8 Å². The average molecular weight is 421 g/mol. The molecule has 0 amide bonds. The Balaban J connectivity index is 1.44. The van der Waals surface area contributed by atoms with E-state index >= 15 is 0 Å². The van der Waals surface area contributed by atoms with E-state index in [1.54, 1.807) is 11.3 Å². The van der Waals surface area contributed by atoms with E-state index in [-0.39, 0.29) is 0 Å². The van der Waals surface area contributed by atoms with Crippen LogP contribution in [0.15, 0.2) is 39.3 Å². The van der Waals surface area contributed by atoms with Gasteiger partial charge in [-0.1, -0.05) is 6.07 Å². The summed E-state index contributed by atoms with van der Waals surface area (Å²) in [6.07, 6.45) is 2.43. The Labute approximate surface area is 176 Å². The van der Waals surface area contributed by atoms with E-state index in [2.05, 4.69) is 45.0 Å². The van der Waals surface area contributed by atoms with Crippen LogP contribution in [0.5, 0.6) is 0 Å². The van der Waals surface area contributed by atoms with Gasteiger partial charge in [0, 0.05) is 24.5 Å². The second-order valence-electron chi connectivity index (χ2n) is 7.66. The van der Waals surface area contributed by atoms with Gasteiger partial charge in [-0.25, -0.2) is 4.99 Å². The maximum absolute atomic E-state index is 10.7. The highest BCUT2D eigenvalue weighted by molar-refractivity contribution is 7.09. The van der Waals surface area contributed by atoms with Gasteiger partial charge in [-0.2, -0.15) is 11.3 Å². The zero-order valence-corrected chi connectivity index (χ0v) is 18.5. The highest BCUT2D eigenvalue weighted by atomic mass is 32.1. The predicted octanol–water partition coefficient (Wildman–Crippen LogP) is 3.48. The zero-order chi connectivity index (χ0) is 19.8. The van der Waals surface area contributed by atoms with E-state index in [9.17, 15) is 5.11 Å². The van der Waals surface area contributed by atoms with Crippen LogP contribution < -0.4 is 10.6 Å². The Morgan fingerprint density at radius 2 is 2.11 bits per heavy atom. The fourth-order valence-electron chi connectivity index (χ4n) is 3.45. The van der Waals surface area contributed by atoms with Crippen LogP contribution in [-0.4, -0.2) is 48.7 Å².